The minimum absolute atomic E-state index is 0.121. The third-order valence-corrected chi connectivity index (χ3v) is 2.27. The number of hydrogen-bond acceptors (Lipinski definition) is 2. The Morgan fingerprint density at radius 3 is 2.67 bits per heavy atom. The number of rotatable bonds is 5. The lowest BCUT2D eigenvalue weighted by Gasteiger charge is -2.20. The molecule has 0 saturated carbocycles. The highest BCUT2D eigenvalue weighted by atomic mass is 16.3. The molecule has 0 aliphatic heterocycles. The molecule has 0 fully saturated rings. The molecule has 0 amide bonds. The van der Waals surface area contributed by atoms with Crippen LogP contribution in [0.3, 0.4) is 0 Å². The van der Waals surface area contributed by atoms with E-state index in [-0.39, 0.29) is 6.54 Å². The van der Waals surface area contributed by atoms with Gasteiger partial charge in [-0.3, -0.25) is 0 Å². The SMILES string of the molecule is C[C@@](O)(CCc1ccccc1)CN=[N+]=[N-]. The second-order valence-corrected chi connectivity index (χ2v) is 3.87. The van der Waals surface area contributed by atoms with E-state index in [1.807, 2.05) is 30.3 Å². The van der Waals surface area contributed by atoms with E-state index in [9.17, 15) is 5.11 Å². The lowest BCUT2D eigenvalue weighted by Crippen LogP contribution is -2.28. The summed E-state index contributed by atoms with van der Waals surface area (Å²) in [5.41, 5.74) is 8.43. The molecule has 0 unspecified atom stereocenters. The third kappa shape index (κ3) is 4.49. The van der Waals surface area contributed by atoms with Crippen molar-refractivity contribution in [2.24, 2.45) is 5.11 Å². The summed E-state index contributed by atoms with van der Waals surface area (Å²) in [5.74, 6) is 0. The van der Waals surface area contributed by atoms with Gasteiger partial charge in [-0.25, -0.2) is 0 Å². The van der Waals surface area contributed by atoms with Crippen LogP contribution >= 0.6 is 0 Å². The molecule has 1 aromatic rings. The molecule has 0 spiro atoms. The lowest BCUT2D eigenvalue weighted by molar-refractivity contribution is 0.0604. The molecule has 80 valence electrons. The van der Waals surface area contributed by atoms with Crippen molar-refractivity contribution >= 4 is 0 Å². The van der Waals surface area contributed by atoms with Crippen molar-refractivity contribution in [2.45, 2.75) is 25.4 Å². The van der Waals surface area contributed by atoms with Gasteiger partial charge in [-0.2, -0.15) is 0 Å². The lowest BCUT2D eigenvalue weighted by atomic mass is 9.97. The predicted molar refractivity (Wildman–Crippen MR) is 59.4 cm³/mol. The molecule has 0 heterocycles. The summed E-state index contributed by atoms with van der Waals surface area (Å²) in [7, 11) is 0. The molecule has 1 atom stereocenters. The molecule has 0 radical (unpaired) electrons. The molecule has 4 nitrogen and oxygen atoms in total. The first-order chi connectivity index (χ1) is 7.14. The van der Waals surface area contributed by atoms with Crippen molar-refractivity contribution in [3.63, 3.8) is 0 Å². The van der Waals surface area contributed by atoms with Crippen LogP contribution in [0.2, 0.25) is 0 Å². The normalized spacial score (nSPS) is 14.0. The van der Waals surface area contributed by atoms with E-state index in [0.29, 0.717) is 6.42 Å². The van der Waals surface area contributed by atoms with Crippen LogP contribution in [0.5, 0.6) is 0 Å². The average Bonchev–Trinajstić information content (AvgIpc) is 2.25. The fourth-order valence-electron chi connectivity index (χ4n) is 1.32. The van der Waals surface area contributed by atoms with Crippen LogP contribution in [0.25, 0.3) is 10.4 Å². The average molecular weight is 205 g/mol. The van der Waals surface area contributed by atoms with Gasteiger partial charge in [0.15, 0.2) is 0 Å². The Kier molecular flexibility index (Phi) is 4.16. The van der Waals surface area contributed by atoms with E-state index in [1.165, 1.54) is 5.56 Å². The monoisotopic (exact) mass is 205 g/mol. The summed E-state index contributed by atoms with van der Waals surface area (Å²) in [6.45, 7) is 1.81. The first-order valence-corrected chi connectivity index (χ1v) is 4.91. The molecule has 0 aliphatic rings. The maximum atomic E-state index is 9.84. The smallest absolute Gasteiger partial charge is 0.0679 e. The summed E-state index contributed by atoms with van der Waals surface area (Å²) in [5, 5.41) is 13.2. The van der Waals surface area contributed by atoms with Crippen LogP contribution in [-0.4, -0.2) is 17.3 Å². The Morgan fingerprint density at radius 1 is 1.40 bits per heavy atom. The number of benzene rings is 1. The van der Waals surface area contributed by atoms with E-state index < -0.39 is 5.60 Å². The van der Waals surface area contributed by atoms with E-state index in [4.69, 9.17) is 5.53 Å². The number of azide groups is 1. The molecule has 0 aromatic heterocycles. The number of aryl methyl sites for hydroxylation is 1. The zero-order chi connectivity index (χ0) is 11.1. The standard InChI is InChI=1S/C11H15N3O/c1-11(15,9-13-14-12)8-7-10-5-3-2-4-6-10/h2-6,15H,7-9H2,1H3/t11-/m1/s1. The maximum Gasteiger partial charge on any atom is 0.0679 e. The minimum atomic E-state index is -0.915. The van der Waals surface area contributed by atoms with Gasteiger partial charge in [-0.1, -0.05) is 35.4 Å². The second-order valence-electron chi connectivity index (χ2n) is 3.87. The molecular weight excluding hydrogens is 190 g/mol. The molecule has 1 N–H and O–H groups in total. The van der Waals surface area contributed by atoms with Crippen LogP contribution in [-0.2, 0) is 6.42 Å². The van der Waals surface area contributed by atoms with Crippen molar-refractivity contribution in [1.82, 2.24) is 0 Å². The number of aliphatic hydroxyl groups is 1. The Morgan fingerprint density at radius 2 is 2.07 bits per heavy atom. The molecule has 0 aliphatic carbocycles. The third-order valence-electron chi connectivity index (χ3n) is 2.27. The molecule has 15 heavy (non-hydrogen) atoms. The van der Waals surface area contributed by atoms with Crippen molar-refractivity contribution in [3.05, 3.63) is 46.3 Å². The van der Waals surface area contributed by atoms with E-state index in [2.05, 4.69) is 10.0 Å². The van der Waals surface area contributed by atoms with Crippen LogP contribution < -0.4 is 0 Å². The van der Waals surface area contributed by atoms with E-state index >= 15 is 0 Å². The highest BCUT2D eigenvalue weighted by Gasteiger charge is 2.18. The topological polar surface area (TPSA) is 69.0 Å². The maximum absolute atomic E-state index is 9.84. The van der Waals surface area contributed by atoms with Crippen LogP contribution in [0, 0.1) is 0 Å². The van der Waals surface area contributed by atoms with Crippen molar-refractivity contribution in [3.8, 4) is 0 Å². The van der Waals surface area contributed by atoms with Crippen molar-refractivity contribution in [1.29, 1.82) is 0 Å². The van der Waals surface area contributed by atoms with Gasteiger partial charge in [0, 0.05) is 4.91 Å². The number of nitrogens with zero attached hydrogens (tertiary/aromatic N) is 3. The largest absolute Gasteiger partial charge is 0.390 e. The van der Waals surface area contributed by atoms with Gasteiger partial charge >= 0.3 is 0 Å². The molecule has 1 aromatic carbocycles. The van der Waals surface area contributed by atoms with Crippen LogP contribution in [0.4, 0.5) is 0 Å². The molecular formula is C11H15N3O. The predicted octanol–water partition coefficient (Wildman–Crippen LogP) is 2.68. The van der Waals surface area contributed by atoms with Crippen LogP contribution in [0.15, 0.2) is 35.4 Å². The summed E-state index contributed by atoms with van der Waals surface area (Å²) in [6, 6.07) is 9.93. The zero-order valence-corrected chi connectivity index (χ0v) is 8.80. The van der Waals surface area contributed by atoms with Gasteiger partial charge in [0.05, 0.1) is 12.1 Å². The van der Waals surface area contributed by atoms with Crippen LogP contribution in [0.1, 0.15) is 18.9 Å². The van der Waals surface area contributed by atoms with E-state index in [1.54, 1.807) is 6.92 Å². The Bertz CT molecular complexity index is 342. The van der Waals surface area contributed by atoms with Gasteiger partial charge < -0.3 is 5.11 Å². The van der Waals surface area contributed by atoms with Gasteiger partial charge in [-0.05, 0) is 30.9 Å². The Balaban J connectivity index is 2.45. The molecule has 0 saturated heterocycles. The molecule has 4 heteroatoms. The molecule has 0 bridgehead atoms. The van der Waals surface area contributed by atoms with Crippen molar-refractivity contribution in [2.75, 3.05) is 6.54 Å². The highest BCUT2D eigenvalue weighted by Crippen LogP contribution is 2.14. The first-order valence-electron chi connectivity index (χ1n) is 4.91. The molecule has 1 rings (SSSR count). The Hall–Kier alpha value is -1.51. The second kappa shape index (κ2) is 5.39. The Labute approximate surface area is 89.2 Å². The quantitative estimate of drug-likeness (QED) is 0.448. The fraction of sp³-hybridized carbons (Fsp3) is 0.455. The fourth-order valence-corrected chi connectivity index (χ4v) is 1.32. The van der Waals surface area contributed by atoms with Gasteiger partial charge in [0.25, 0.3) is 0 Å². The highest BCUT2D eigenvalue weighted by molar-refractivity contribution is 5.15. The summed E-state index contributed by atoms with van der Waals surface area (Å²) in [6.07, 6.45) is 1.38. The van der Waals surface area contributed by atoms with E-state index in [0.717, 1.165) is 6.42 Å². The van der Waals surface area contributed by atoms with Crippen molar-refractivity contribution < 1.29 is 5.11 Å². The minimum Gasteiger partial charge on any atom is -0.390 e. The van der Waals surface area contributed by atoms with Gasteiger partial charge in [0.1, 0.15) is 0 Å². The first kappa shape index (κ1) is 11.6. The van der Waals surface area contributed by atoms with Gasteiger partial charge in [-0.15, -0.1) is 0 Å². The number of hydrogen-bond donors (Lipinski definition) is 1. The van der Waals surface area contributed by atoms with Gasteiger partial charge in [0.2, 0.25) is 0 Å². The summed E-state index contributed by atoms with van der Waals surface area (Å²) >= 11 is 0. The summed E-state index contributed by atoms with van der Waals surface area (Å²) in [4.78, 5) is 2.64. The zero-order valence-electron chi connectivity index (χ0n) is 8.80. The summed E-state index contributed by atoms with van der Waals surface area (Å²) < 4.78 is 0.